The fourth-order valence-electron chi connectivity index (χ4n) is 2.22. The summed E-state index contributed by atoms with van der Waals surface area (Å²) in [5.74, 6) is 2.13. The summed E-state index contributed by atoms with van der Waals surface area (Å²) in [6.07, 6.45) is 8.00. The van der Waals surface area contributed by atoms with E-state index in [9.17, 15) is 0 Å². The minimum atomic E-state index is 0.371. The second-order valence-corrected chi connectivity index (χ2v) is 4.87. The molecule has 1 aromatic heterocycles. The van der Waals surface area contributed by atoms with E-state index in [1.165, 1.54) is 12.8 Å². The molecular formula is C13H20ClN3O. The van der Waals surface area contributed by atoms with Crippen molar-refractivity contribution < 1.29 is 4.74 Å². The lowest BCUT2D eigenvalue weighted by atomic mass is 10.0. The Balaban J connectivity index is 2.10. The SMILES string of the molecule is CCCOc1cncc(N2CCCCC2CCl)n1. The van der Waals surface area contributed by atoms with Crippen molar-refractivity contribution in [1.82, 2.24) is 9.97 Å². The van der Waals surface area contributed by atoms with Crippen LogP contribution in [0.1, 0.15) is 32.6 Å². The third-order valence-electron chi connectivity index (χ3n) is 3.15. The normalized spacial score (nSPS) is 19.9. The molecule has 1 aromatic rings. The van der Waals surface area contributed by atoms with Gasteiger partial charge < -0.3 is 9.64 Å². The van der Waals surface area contributed by atoms with E-state index in [4.69, 9.17) is 16.3 Å². The molecule has 1 saturated heterocycles. The zero-order valence-electron chi connectivity index (χ0n) is 10.8. The minimum absolute atomic E-state index is 0.371. The van der Waals surface area contributed by atoms with Crippen molar-refractivity contribution in [3.05, 3.63) is 12.4 Å². The van der Waals surface area contributed by atoms with Gasteiger partial charge in [-0.25, -0.2) is 0 Å². The van der Waals surface area contributed by atoms with E-state index in [1.54, 1.807) is 12.4 Å². The number of rotatable bonds is 5. The first-order valence-electron chi connectivity index (χ1n) is 6.62. The van der Waals surface area contributed by atoms with Crippen LogP contribution in [0, 0.1) is 0 Å². The van der Waals surface area contributed by atoms with Gasteiger partial charge in [-0.2, -0.15) is 4.98 Å². The van der Waals surface area contributed by atoms with Gasteiger partial charge in [0, 0.05) is 18.5 Å². The first kappa shape index (κ1) is 13.4. The van der Waals surface area contributed by atoms with Gasteiger partial charge >= 0.3 is 0 Å². The molecular weight excluding hydrogens is 250 g/mol. The Hall–Kier alpha value is -1.03. The van der Waals surface area contributed by atoms with Gasteiger partial charge in [0.05, 0.1) is 19.0 Å². The topological polar surface area (TPSA) is 38.2 Å². The van der Waals surface area contributed by atoms with Gasteiger partial charge in [-0.3, -0.25) is 4.98 Å². The molecule has 4 nitrogen and oxygen atoms in total. The fourth-order valence-corrected chi connectivity index (χ4v) is 2.54. The van der Waals surface area contributed by atoms with Gasteiger partial charge in [-0.05, 0) is 25.7 Å². The molecule has 0 saturated carbocycles. The van der Waals surface area contributed by atoms with Crippen molar-refractivity contribution in [2.24, 2.45) is 0 Å². The lowest BCUT2D eigenvalue weighted by Crippen LogP contribution is -2.41. The molecule has 1 aliphatic rings. The van der Waals surface area contributed by atoms with Crippen molar-refractivity contribution in [2.75, 3.05) is 23.9 Å². The number of hydrogen-bond donors (Lipinski definition) is 0. The number of piperidine rings is 1. The zero-order chi connectivity index (χ0) is 12.8. The smallest absolute Gasteiger partial charge is 0.234 e. The van der Waals surface area contributed by atoms with E-state index in [0.29, 0.717) is 24.4 Å². The molecule has 0 aliphatic carbocycles. The zero-order valence-corrected chi connectivity index (χ0v) is 11.6. The summed E-state index contributed by atoms with van der Waals surface area (Å²) >= 11 is 6.03. The molecule has 1 fully saturated rings. The molecule has 100 valence electrons. The first-order valence-corrected chi connectivity index (χ1v) is 7.16. The number of anilines is 1. The van der Waals surface area contributed by atoms with Crippen LogP contribution in [0.5, 0.6) is 5.88 Å². The minimum Gasteiger partial charge on any atom is -0.477 e. The maximum Gasteiger partial charge on any atom is 0.234 e. The third-order valence-corrected chi connectivity index (χ3v) is 3.51. The van der Waals surface area contributed by atoms with Crippen molar-refractivity contribution >= 4 is 17.4 Å². The standard InChI is InChI=1S/C13H20ClN3O/c1-2-7-18-13-10-15-9-12(16-13)17-6-4-3-5-11(17)8-14/h9-11H,2-8H2,1H3. The van der Waals surface area contributed by atoms with Crippen LogP contribution >= 0.6 is 11.6 Å². The monoisotopic (exact) mass is 269 g/mol. The van der Waals surface area contributed by atoms with E-state index in [1.807, 2.05) is 0 Å². The lowest BCUT2D eigenvalue weighted by Gasteiger charge is -2.35. The second-order valence-electron chi connectivity index (χ2n) is 4.56. The lowest BCUT2D eigenvalue weighted by molar-refractivity contribution is 0.303. The van der Waals surface area contributed by atoms with Crippen LogP contribution in [0.3, 0.4) is 0 Å². The summed E-state index contributed by atoms with van der Waals surface area (Å²) in [4.78, 5) is 11.0. The van der Waals surface area contributed by atoms with Gasteiger partial charge in [0.2, 0.25) is 5.88 Å². The van der Waals surface area contributed by atoms with E-state index >= 15 is 0 Å². The molecule has 0 spiro atoms. The van der Waals surface area contributed by atoms with Crippen LogP contribution in [-0.2, 0) is 0 Å². The van der Waals surface area contributed by atoms with Gasteiger partial charge in [0.25, 0.3) is 0 Å². The van der Waals surface area contributed by atoms with E-state index in [-0.39, 0.29) is 0 Å². The van der Waals surface area contributed by atoms with Crippen molar-refractivity contribution in [1.29, 1.82) is 0 Å². The summed E-state index contributed by atoms with van der Waals surface area (Å²) in [6.45, 7) is 3.76. The van der Waals surface area contributed by atoms with Crippen LogP contribution in [0.2, 0.25) is 0 Å². The fraction of sp³-hybridized carbons (Fsp3) is 0.692. The van der Waals surface area contributed by atoms with Gasteiger partial charge in [0.1, 0.15) is 0 Å². The molecule has 0 N–H and O–H groups in total. The highest BCUT2D eigenvalue weighted by Gasteiger charge is 2.23. The Morgan fingerprint density at radius 3 is 3.11 bits per heavy atom. The molecule has 0 bridgehead atoms. The number of hydrogen-bond acceptors (Lipinski definition) is 4. The summed E-state index contributed by atoms with van der Waals surface area (Å²) in [7, 11) is 0. The highest BCUT2D eigenvalue weighted by molar-refractivity contribution is 6.18. The Bertz CT molecular complexity index is 375. The number of ether oxygens (including phenoxy) is 1. The molecule has 1 atom stereocenters. The predicted molar refractivity (Wildman–Crippen MR) is 73.5 cm³/mol. The molecule has 2 rings (SSSR count). The van der Waals surface area contributed by atoms with Crippen molar-refractivity contribution in [2.45, 2.75) is 38.6 Å². The number of nitrogens with zero attached hydrogens (tertiary/aromatic N) is 3. The maximum absolute atomic E-state index is 6.03. The second kappa shape index (κ2) is 6.78. The molecule has 18 heavy (non-hydrogen) atoms. The first-order chi connectivity index (χ1) is 8.85. The van der Waals surface area contributed by atoms with Crippen LogP contribution < -0.4 is 9.64 Å². The molecule has 1 aliphatic heterocycles. The van der Waals surface area contributed by atoms with Gasteiger partial charge in [-0.15, -0.1) is 11.6 Å². The molecule has 5 heteroatoms. The summed E-state index contributed by atoms with van der Waals surface area (Å²) in [5.41, 5.74) is 0. The average molecular weight is 270 g/mol. The molecule has 0 aromatic carbocycles. The van der Waals surface area contributed by atoms with E-state index in [2.05, 4.69) is 21.8 Å². The van der Waals surface area contributed by atoms with E-state index < -0.39 is 0 Å². The van der Waals surface area contributed by atoms with Gasteiger partial charge in [-0.1, -0.05) is 6.92 Å². The van der Waals surface area contributed by atoms with Crippen LogP contribution in [0.4, 0.5) is 5.82 Å². The Morgan fingerprint density at radius 2 is 2.33 bits per heavy atom. The molecule has 0 amide bonds. The van der Waals surface area contributed by atoms with Crippen LogP contribution in [-0.4, -0.2) is 35.0 Å². The molecule has 2 heterocycles. The molecule has 0 radical (unpaired) electrons. The van der Waals surface area contributed by atoms with Crippen LogP contribution in [0.25, 0.3) is 0 Å². The summed E-state index contributed by atoms with van der Waals surface area (Å²) in [6, 6.07) is 0.371. The number of alkyl halides is 1. The highest BCUT2D eigenvalue weighted by atomic mass is 35.5. The number of aromatic nitrogens is 2. The average Bonchev–Trinajstić information content (AvgIpc) is 2.45. The van der Waals surface area contributed by atoms with E-state index in [0.717, 1.165) is 25.2 Å². The Morgan fingerprint density at radius 1 is 1.44 bits per heavy atom. The predicted octanol–water partition coefficient (Wildman–Crippen LogP) is 2.86. The number of halogens is 1. The third kappa shape index (κ3) is 3.25. The Labute approximate surface area is 113 Å². The quantitative estimate of drug-likeness (QED) is 0.771. The maximum atomic E-state index is 6.03. The molecule has 1 unspecified atom stereocenters. The largest absolute Gasteiger partial charge is 0.477 e. The Kier molecular flexibility index (Phi) is 5.05. The van der Waals surface area contributed by atoms with Crippen molar-refractivity contribution in [3.8, 4) is 5.88 Å². The summed E-state index contributed by atoms with van der Waals surface area (Å²) < 4.78 is 5.52. The van der Waals surface area contributed by atoms with Crippen LogP contribution in [0.15, 0.2) is 12.4 Å². The summed E-state index contributed by atoms with van der Waals surface area (Å²) in [5, 5.41) is 0. The van der Waals surface area contributed by atoms with Gasteiger partial charge in [0.15, 0.2) is 5.82 Å². The van der Waals surface area contributed by atoms with Crippen molar-refractivity contribution in [3.63, 3.8) is 0 Å². The highest BCUT2D eigenvalue weighted by Crippen LogP contribution is 2.24.